The second-order valence-corrected chi connectivity index (χ2v) is 7.02. The first-order chi connectivity index (χ1) is 12.9. The van der Waals surface area contributed by atoms with E-state index in [1.165, 1.54) is 5.56 Å². The highest BCUT2D eigenvalue weighted by molar-refractivity contribution is 5.19. The van der Waals surface area contributed by atoms with E-state index >= 15 is 0 Å². The van der Waals surface area contributed by atoms with Crippen molar-refractivity contribution in [3.8, 4) is 0 Å². The standard InChI is InChI=1S/C21H26N4O/c1-2-5-18(6-3-1)21(16-25-13-10-22-17-25)23-19-8-11-24(12-9-19)15-20-7-4-14-26-20/h1-7,10,13-14,17,19,21,23H,8-9,11-12,15-16H2/t21-/m1/s1. The molecule has 26 heavy (non-hydrogen) atoms. The highest BCUT2D eigenvalue weighted by atomic mass is 16.3. The summed E-state index contributed by atoms with van der Waals surface area (Å²) < 4.78 is 7.63. The van der Waals surface area contributed by atoms with Gasteiger partial charge in [-0.05, 0) is 30.5 Å². The maximum absolute atomic E-state index is 5.48. The van der Waals surface area contributed by atoms with E-state index in [2.05, 4.69) is 56.2 Å². The minimum atomic E-state index is 0.298. The summed E-state index contributed by atoms with van der Waals surface area (Å²) in [6, 6.07) is 15.6. The molecule has 0 bridgehead atoms. The van der Waals surface area contributed by atoms with Crippen LogP contribution in [0.4, 0.5) is 0 Å². The lowest BCUT2D eigenvalue weighted by atomic mass is 10.0. The molecule has 0 saturated carbocycles. The van der Waals surface area contributed by atoms with E-state index in [0.29, 0.717) is 12.1 Å². The van der Waals surface area contributed by atoms with Gasteiger partial charge in [0, 0.05) is 38.1 Å². The Bertz CT molecular complexity index is 747. The summed E-state index contributed by atoms with van der Waals surface area (Å²) in [6.07, 6.45) is 9.84. The van der Waals surface area contributed by atoms with Crippen LogP contribution in [0, 0.1) is 0 Å². The average molecular weight is 350 g/mol. The van der Waals surface area contributed by atoms with Crippen molar-refractivity contribution in [1.82, 2.24) is 19.8 Å². The molecular weight excluding hydrogens is 324 g/mol. The van der Waals surface area contributed by atoms with Gasteiger partial charge >= 0.3 is 0 Å². The molecule has 1 aliphatic heterocycles. The largest absolute Gasteiger partial charge is 0.468 e. The van der Waals surface area contributed by atoms with Gasteiger partial charge in [-0.25, -0.2) is 4.98 Å². The first kappa shape index (κ1) is 17.1. The molecule has 0 aliphatic carbocycles. The maximum Gasteiger partial charge on any atom is 0.117 e. The van der Waals surface area contributed by atoms with Crippen LogP contribution in [0.2, 0.25) is 0 Å². The predicted octanol–water partition coefficient (Wildman–Crippen LogP) is 3.47. The van der Waals surface area contributed by atoms with Crippen molar-refractivity contribution in [3.05, 3.63) is 78.8 Å². The fraction of sp³-hybridized carbons (Fsp3) is 0.381. The van der Waals surface area contributed by atoms with Crippen molar-refractivity contribution in [1.29, 1.82) is 0 Å². The van der Waals surface area contributed by atoms with Gasteiger partial charge in [-0.3, -0.25) is 4.90 Å². The number of nitrogens with one attached hydrogen (secondary N) is 1. The van der Waals surface area contributed by atoms with Crippen LogP contribution in [0.3, 0.4) is 0 Å². The Morgan fingerprint density at radius 1 is 1.12 bits per heavy atom. The molecular formula is C21H26N4O. The SMILES string of the molecule is c1ccc([C@@H](Cn2ccnc2)NC2CCN(Cc3ccco3)CC2)cc1. The van der Waals surface area contributed by atoms with E-state index in [-0.39, 0.29) is 0 Å². The molecule has 5 nitrogen and oxygen atoms in total. The molecule has 1 saturated heterocycles. The number of nitrogens with zero attached hydrogens (tertiary/aromatic N) is 3. The summed E-state index contributed by atoms with van der Waals surface area (Å²) in [7, 11) is 0. The minimum absolute atomic E-state index is 0.298. The van der Waals surface area contributed by atoms with Gasteiger partial charge in [0.1, 0.15) is 5.76 Å². The summed E-state index contributed by atoms with van der Waals surface area (Å²) >= 11 is 0. The zero-order valence-electron chi connectivity index (χ0n) is 15.0. The zero-order valence-corrected chi connectivity index (χ0v) is 15.0. The number of aromatic nitrogens is 2. The lowest BCUT2D eigenvalue weighted by Crippen LogP contribution is -2.44. The maximum atomic E-state index is 5.48. The Balaban J connectivity index is 1.35. The van der Waals surface area contributed by atoms with Crippen LogP contribution >= 0.6 is 0 Å². The van der Waals surface area contributed by atoms with E-state index in [0.717, 1.165) is 44.8 Å². The summed E-state index contributed by atoms with van der Waals surface area (Å²) in [6.45, 7) is 4.02. The first-order valence-corrected chi connectivity index (χ1v) is 9.38. The molecule has 1 aromatic carbocycles. The zero-order chi connectivity index (χ0) is 17.6. The van der Waals surface area contributed by atoms with Crippen molar-refractivity contribution in [2.75, 3.05) is 13.1 Å². The summed E-state index contributed by atoms with van der Waals surface area (Å²) in [5.74, 6) is 1.05. The Labute approximate surface area is 154 Å². The number of rotatable bonds is 7. The molecule has 0 amide bonds. The first-order valence-electron chi connectivity index (χ1n) is 9.38. The van der Waals surface area contributed by atoms with Crippen molar-refractivity contribution < 1.29 is 4.42 Å². The monoisotopic (exact) mass is 350 g/mol. The van der Waals surface area contributed by atoms with Crippen molar-refractivity contribution >= 4 is 0 Å². The van der Waals surface area contributed by atoms with Gasteiger partial charge in [0.05, 0.1) is 25.2 Å². The van der Waals surface area contributed by atoms with Crippen LogP contribution in [0.5, 0.6) is 0 Å². The lowest BCUT2D eigenvalue weighted by molar-refractivity contribution is 0.171. The summed E-state index contributed by atoms with van der Waals surface area (Å²) in [5, 5.41) is 3.89. The van der Waals surface area contributed by atoms with Gasteiger partial charge in [-0.15, -0.1) is 0 Å². The number of imidazole rings is 1. The quantitative estimate of drug-likeness (QED) is 0.709. The number of benzene rings is 1. The molecule has 5 heteroatoms. The Morgan fingerprint density at radius 2 is 1.96 bits per heavy atom. The lowest BCUT2D eigenvalue weighted by Gasteiger charge is -2.34. The number of piperidine rings is 1. The van der Waals surface area contributed by atoms with Gasteiger partial charge in [0.15, 0.2) is 0 Å². The smallest absolute Gasteiger partial charge is 0.117 e. The Morgan fingerprint density at radius 3 is 2.65 bits per heavy atom. The second kappa shape index (κ2) is 8.34. The molecule has 0 unspecified atom stereocenters. The molecule has 1 atom stereocenters. The van der Waals surface area contributed by atoms with E-state index in [1.807, 2.05) is 24.8 Å². The average Bonchev–Trinajstić information content (AvgIpc) is 3.38. The molecule has 1 N–H and O–H groups in total. The Hall–Kier alpha value is -2.37. The molecule has 136 valence electrons. The number of likely N-dealkylation sites (tertiary alicyclic amines) is 1. The van der Waals surface area contributed by atoms with Crippen LogP contribution < -0.4 is 5.32 Å². The van der Waals surface area contributed by atoms with Crippen LogP contribution in [-0.4, -0.2) is 33.6 Å². The highest BCUT2D eigenvalue weighted by Crippen LogP contribution is 2.20. The normalized spacial score (nSPS) is 17.4. The van der Waals surface area contributed by atoms with Gasteiger partial charge in [-0.1, -0.05) is 30.3 Å². The fourth-order valence-corrected chi connectivity index (χ4v) is 3.71. The topological polar surface area (TPSA) is 46.2 Å². The van der Waals surface area contributed by atoms with Crippen LogP contribution in [-0.2, 0) is 13.1 Å². The molecule has 3 heterocycles. The van der Waals surface area contributed by atoms with Crippen molar-refractivity contribution in [3.63, 3.8) is 0 Å². The predicted molar refractivity (Wildman–Crippen MR) is 102 cm³/mol. The third-order valence-electron chi connectivity index (χ3n) is 5.14. The third kappa shape index (κ3) is 4.42. The van der Waals surface area contributed by atoms with E-state index in [9.17, 15) is 0 Å². The molecule has 2 aromatic heterocycles. The summed E-state index contributed by atoms with van der Waals surface area (Å²) in [4.78, 5) is 6.66. The molecule has 1 fully saturated rings. The number of hydrogen-bond acceptors (Lipinski definition) is 4. The van der Waals surface area contributed by atoms with Gasteiger partial charge in [0.25, 0.3) is 0 Å². The molecule has 4 rings (SSSR count). The van der Waals surface area contributed by atoms with Crippen molar-refractivity contribution in [2.45, 2.75) is 38.0 Å². The van der Waals surface area contributed by atoms with Gasteiger partial charge in [-0.2, -0.15) is 0 Å². The molecule has 0 spiro atoms. The third-order valence-corrected chi connectivity index (χ3v) is 5.14. The van der Waals surface area contributed by atoms with E-state index in [1.54, 1.807) is 6.26 Å². The molecule has 1 aliphatic rings. The van der Waals surface area contributed by atoms with Crippen LogP contribution in [0.1, 0.15) is 30.2 Å². The fourth-order valence-electron chi connectivity index (χ4n) is 3.71. The number of hydrogen-bond donors (Lipinski definition) is 1. The minimum Gasteiger partial charge on any atom is -0.468 e. The van der Waals surface area contributed by atoms with E-state index in [4.69, 9.17) is 4.42 Å². The molecule has 3 aromatic rings. The second-order valence-electron chi connectivity index (χ2n) is 7.02. The van der Waals surface area contributed by atoms with E-state index < -0.39 is 0 Å². The van der Waals surface area contributed by atoms with Crippen LogP contribution in [0.15, 0.2) is 71.9 Å². The van der Waals surface area contributed by atoms with Crippen molar-refractivity contribution in [2.24, 2.45) is 0 Å². The van der Waals surface area contributed by atoms with Gasteiger partial charge in [0.2, 0.25) is 0 Å². The van der Waals surface area contributed by atoms with Gasteiger partial charge < -0.3 is 14.3 Å². The van der Waals surface area contributed by atoms with Crippen LogP contribution in [0.25, 0.3) is 0 Å². The highest BCUT2D eigenvalue weighted by Gasteiger charge is 2.23. The Kier molecular flexibility index (Phi) is 5.47. The molecule has 0 radical (unpaired) electrons. The number of furan rings is 1. The summed E-state index contributed by atoms with van der Waals surface area (Å²) in [5.41, 5.74) is 1.33.